The molecule has 14 heavy (non-hydrogen) atoms. The Morgan fingerprint density at radius 3 is 2.57 bits per heavy atom. The van der Waals surface area contributed by atoms with Crippen LogP contribution in [0.3, 0.4) is 0 Å². The molecule has 0 aromatic heterocycles. The molecule has 2 N–H and O–H groups in total. The molecule has 1 heterocycles. The maximum Gasteiger partial charge on any atom is 0.240 e. The molecule has 1 rings (SSSR count). The Kier molecular flexibility index (Phi) is 3.49. The summed E-state index contributed by atoms with van der Waals surface area (Å²) in [6.45, 7) is 4.73. The average molecular weight is 198 g/mol. The summed E-state index contributed by atoms with van der Waals surface area (Å²) in [6.07, 6.45) is 2.07. The Hall–Kier alpha value is -1.06. The summed E-state index contributed by atoms with van der Waals surface area (Å²) < 4.78 is 0. The van der Waals surface area contributed by atoms with Crippen molar-refractivity contribution >= 4 is 11.8 Å². The van der Waals surface area contributed by atoms with Crippen molar-refractivity contribution in [1.82, 2.24) is 4.90 Å². The van der Waals surface area contributed by atoms with Gasteiger partial charge in [-0.1, -0.05) is 13.8 Å². The first-order valence-corrected chi connectivity index (χ1v) is 5.11. The highest BCUT2D eigenvalue weighted by Crippen LogP contribution is 2.18. The number of rotatable bonds is 4. The molecule has 0 radical (unpaired) electrons. The van der Waals surface area contributed by atoms with E-state index in [-0.39, 0.29) is 11.8 Å². The molecule has 1 atom stereocenters. The minimum absolute atomic E-state index is 0.0643. The molecule has 1 aliphatic rings. The maximum absolute atomic E-state index is 11.4. The molecular weight excluding hydrogens is 180 g/mol. The van der Waals surface area contributed by atoms with Crippen molar-refractivity contribution in [2.45, 2.75) is 39.2 Å². The van der Waals surface area contributed by atoms with E-state index in [2.05, 4.69) is 0 Å². The number of primary amides is 1. The van der Waals surface area contributed by atoms with E-state index in [9.17, 15) is 9.59 Å². The van der Waals surface area contributed by atoms with Crippen molar-refractivity contribution < 1.29 is 9.59 Å². The lowest BCUT2D eigenvalue weighted by molar-refractivity contribution is -0.136. The molecular formula is C10H18N2O2. The molecule has 1 fully saturated rings. The fourth-order valence-corrected chi connectivity index (χ4v) is 1.84. The molecule has 1 saturated heterocycles. The second kappa shape index (κ2) is 4.44. The number of amides is 2. The second-order valence-corrected chi connectivity index (χ2v) is 4.24. The summed E-state index contributed by atoms with van der Waals surface area (Å²) in [5.74, 6) is 0.0595. The quantitative estimate of drug-likeness (QED) is 0.715. The first kappa shape index (κ1) is 11.0. The van der Waals surface area contributed by atoms with Gasteiger partial charge in [-0.3, -0.25) is 9.59 Å². The maximum atomic E-state index is 11.4. The number of hydrogen-bond donors (Lipinski definition) is 1. The zero-order valence-corrected chi connectivity index (χ0v) is 8.82. The van der Waals surface area contributed by atoms with E-state index in [1.165, 1.54) is 0 Å². The predicted octanol–water partition coefficient (Wildman–Crippen LogP) is 0.509. The molecule has 0 aromatic carbocycles. The molecule has 0 aliphatic carbocycles. The van der Waals surface area contributed by atoms with Crippen molar-refractivity contribution in [3.63, 3.8) is 0 Å². The number of carbonyl (C=O) groups is 2. The van der Waals surface area contributed by atoms with Crippen LogP contribution in [-0.2, 0) is 9.59 Å². The van der Waals surface area contributed by atoms with E-state index >= 15 is 0 Å². The summed E-state index contributed by atoms with van der Waals surface area (Å²) in [4.78, 5) is 24.2. The molecule has 1 unspecified atom stereocenters. The van der Waals surface area contributed by atoms with Gasteiger partial charge in [0.15, 0.2) is 0 Å². The van der Waals surface area contributed by atoms with Crippen molar-refractivity contribution in [1.29, 1.82) is 0 Å². The second-order valence-electron chi connectivity index (χ2n) is 4.24. The van der Waals surface area contributed by atoms with Gasteiger partial charge in [-0.05, 0) is 18.8 Å². The van der Waals surface area contributed by atoms with Gasteiger partial charge in [-0.15, -0.1) is 0 Å². The summed E-state index contributed by atoms with van der Waals surface area (Å²) >= 11 is 0. The number of carbonyl (C=O) groups excluding carboxylic acids is 2. The highest BCUT2D eigenvalue weighted by atomic mass is 16.2. The highest BCUT2D eigenvalue weighted by molar-refractivity contribution is 5.87. The Labute approximate surface area is 84.4 Å². The summed E-state index contributed by atoms with van der Waals surface area (Å²) in [5, 5.41) is 0. The number of nitrogens with zero attached hydrogens (tertiary/aromatic N) is 1. The molecule has 1 aliphatic heterocycles. The highest BCUT2D eigenvalue weighted by Gasteiger charge is 2.31. The molecule has 0 bridgehead atoms. The van der Waals surface area contributed by atoms with Gasteiger partial charge in [0.25, 0.3) is 0 Å². The third kappa shape index (κ3) is 2.47. The fraction of sp³-hybridized carbons (Fsp3) is 0.800. The minimum Gasteiger partial charge on any atom is -0.368 e. The van der Waals surface area contributed by atoms with E-state index in [1.807, 2.05) is 13.8 Å². The van der Waals surface area contributed by atoms with E-state index in [0.29, 0.717) is 25.3 Å². The Morgan fingerprint density at radius 2 is 2.21 bits per heavy atom. The van der Waals surface area contributed by atoms with Crippen molar-refractivity contribution in [3.05, 3.63) is 0 Å². The van der Waals surface area contributed by atoms with Crippen LogP contribution in [0.4, 0.5) is 0 Å². The molecule has 4 heteroatoms. The topological polar surface area (TPSA) is 63.4 Å². The summed E-state index contributed by atoms with van der Waals surface area (Å²) in [6, 6.07) is -0.398. The number of hydrogen-bond acceptors (Lipinski definition) is 2. The van der Waals surface area contributed by atoms with E-state index < -0.39 is 6.04 Å². The van der Waals surface area contributed by atoms with Crippen LogP contribution in [0.1, 0.15) is 33.1 Å². The van der Waals surface area contributed by atoms with Gasteiger partial charge in [0.2, 0.25) is 11.8 Å². The summed E-state index contributed by atoms with van der Waals surface area (Å²) in [7, 11) is 0. The smallest absolute Gasteiger partial charge is 0.240 e. The van der Waals surface area contributed by atoms with Gasteiger partial charge in [-0.25, -0.2) is 0 Å². The van der Waals surface area contributed by atoms with E-state index in [4.69, 9.17) is 5.73 Å². The lowest BCUT2D eigenvalue weighted by atomic mass is 10.0. The van der Waals surface area contributed by atoms with Crippen LogP contribution in [0.25, 0.3) is 0 Å². The first-order valence-electron chi connectivity index (χ1n) is 5.11. The Morgan fingerprint density at radius 1 is 1.57 bits per heavy atom. The normalized spacial score (nSPS) is 19.1. The SMILES string of the molecule is CC(C)CC(C(N)=O)N1CCCC1=O. The first-order chi connectivity index (χ1) is 6.52. The fourth-order valence-electron chi connectivity index (χ4n) is 1.84. The molecule has 0 saturated carbocycles. The average Bonchev–Trinajstić information content (AvgIpc) is 2.46. The summed E-state index contributed by atoms with van der Waals surface area (Å²) in [5.41, 5.74) is 5.29. The van der Waals surface area contributed by atoms with E-state index in [0.717, 1.165) is 6.42 Å². The Balaban J connectivity index is 2.66. The van der Waals surface area contributed by atoms with Crippen molar-refractivity contribution in [2.24, 2.45) is 11.7 Å². The molecule has 0 spiro atoms. The van der Waals surface area contributed by atoms with Crippen molar-refractivity contribution in [2.75, 3.05) is 6.54 Å². The minimum atomic E-state index is -0.398. The van der Waals surface area contributed by atoms with Gasteiger partial charge in [0.05, 0.1) is 0 Å². The van der Waals surface area contributed by atoms with Crippen molar-refractivity contribution in [3.8, 4) is 0 Å². The third-order valence-corrected chi connectivity index (χ3v) is 2.51. The lowest BCUT2D eigenvalue weighted by Crippen LogP contribution is -2.46. The van der Waals surface area contributed by atoms with Crippen LogP contribution >= 0.6 is 0 Å². The van der Waals surface area contributed by atoms with Gasteiger partial charge >= 0.3 is 0 Å². The molecule has 80 valence electrons. The van der Waals surface area contributed by atoms with Crippen LogP contribution < -0.4 is 5.73 Å². The standard InChI is InChI=1S/C10H18N2O2/c1-7(2)6-8(10(11)14)12-5-3-4-9(12)13/h7-8H,3-6H2,1-2H3,(H2,11,14). The largest absolute Gasteiger partial charge is 0.368 e. The zero-order valence-electron chi connectivity index (χ0n) is 8.82. The third-order valence-electron chi connectivity index (χ3n) is 2.51. The number of likely N-dealkylation sites (tertiary alicyclic amines) is 1. The van der Waals surface area contributed by atoms with Crippen LogP contribution in [0, 0.1) is 5.92 Å². The number of nitrogens with two attached hydrogens (primary N) is 1. The zero-order chi connectivity index (χ0) is 10.7. The van der Waals surface area contributed by atoms with E-state index in [1.54, 1.807) is 4.90 Å². The van der Waals surface area contributed by atoms with Gasteiger partial charge in [0, 0.05) is 13.0 Å². The van der Waals surface area contributed by atoms with Gasteiger partial charge in [-0.2, -0.15) is 0 Å². The van der Waals surface area contributed by atoms with Crippen LogP contribution in [0.15, 0.2) is 0 Å². The van der Waals surface area contributed by atoms with Gasteiger partial charge < -0.3 is 10.6 Å². The van der Waals surface area contributed by atoms with Gasteiger partial charge in [0.1, 0.15) is 6.04 Å². The monoisotopic (exact) mass is 198 g/mol. The molecule has 0 aromatic rings. The predicted molar refractivity (Wildman–Crippen MR) is 53.4 cm³/mol. The van der Waals surface area contributed by atoms with Crippen LogP contribution in [0.5, 0.6) is 0 Å². The van der Waals surface area contributed by atoms with Crippen LogP contribution in [-0.4, -0.2) is 29.3 Å². The van der Waals surface area contributed by atoms with Crippen LogP contribution in [0.2, 0.25) is 0 Å². The Bertz CT molecular complexity index is 238. The molecule has 4 nitrogen and oxygen atoms in total. The molecule has 2 amide bonds. The lowest BCUT2D eigenvalue weighted by Gasteiger charge is -2.26.